The number of alkyl carbamates (subject to hydrolysis) is 1. The predicted molar refractivity (Wildman–Crippen MR) is 149 cm³/mol. The largest absolute Gasteiger partial charge is 0.481 e. The molecule has 1 aliphatic carbocycles. The van der Waals surface area contributed by atoms with Crippen LogP contribution in [-0.2, 0) is 44.7 Å². The molecule has 1 saturated heterocycles. The highest BCUT2D eigenvalue weighted by Crippen LogP contribution is 2.37. The maximum atomic E-state index is 12.5. The summed E-state index contributed by atoms with van der Waals surface area (Å²) >= 11 is 0. The van der Waals surface area contributed by atoms with Gasteiger partial charge in [0.15, 0.2) is 12.4 Å². The molecule has 44 heavy (non-hydrogen) atoms. The summed E-state index contributed by atoms with van der Waals surface area (Å²) in [7, 11) is 0. The molecule has 0 aromatic heterocycles. The van der Waals surface area contributed by atoms with Crippen LogP contribution in [-0.4, -0.2) is 77.9 Å². The Kier molecular flexibility index (Phi) is 12.6. The molecular weight excluding hydrogens is 582 g/mol. The first-order valence-corrected chi connectivity index (χ1v) is 13.9. The highest BCUT2D eigenvalue weighted by atomic mass is 16.7. The summed E-state index contributed by atoms with van der Waals surface area (Å²) in [5.74, 6) is -3.36. The molecule has 1 aromatic carbocycles. The summed E-state index contributed by atoms with van der Waals surface area (Å²) in [4.78, 5) is 53.9. The molecule has 2 fully saturated rings. The van der Waals surface area contributed by atoms with Crippen LogP contribution in [0.25, 0.3) is 20.9 Å². The average molecular weight is 618 g/mol. The second kappa shape index (κ2) is 16.3. The van der Waals surface area contributed by atoms with Gasteiger partial charge in [-0.05, 0) is 42.8 Å². The molecule has 1 aromatic rings. The minimum Gasteiger partial charge on any atom is -0.481 e. The molecule has 17 heteroatoms. The molecule has 0 radical (unpaired) electrons. The van der Waals surface area contributed by atoms with Crippen LogP contribution in [0.5, 0.6) is 0 Å². The number of nitrogens with one attached hydrogen (secondary N) is 1. The van der Waals surface area contributed by atoms with Crippen molar-refractivity contribution in [3.8, 4) is 0 Å². The number of carboxylic acid groups (broad SMARTS) is 1. The van der Waals surface area contributed by atoms with Crippen molar-refractivity contribution in [3.63, 3.8) is 0 Å². The van der Waals surface area contributed by atoms with E-state index in [0.717, 1.165) is 19.4 Å². The Labute approximate surface area is 252 Å². The summed E-state index contributed by atoms with van der Waals surface area (Å²) in [6.07, 6.45) is -6.37. The third kappa shape index (κ3) is 9.74. The minimum absolute atomic E-state index is 0.0533. The Bertz CT molecular complexity index is 1270. The van der Waals surface area contributed by atoms with Crippen LogP contribution in [0, 0.1) is 5.92 Å². The van der Waals surface area contributed by atoms with E-state index >= 15 is 0 Å². The van der Waals surface area contributed by atoms with Crippen molar-refractivity contribution in [2.75, 3.05) is 0 Å². The fraction of sp³-hybridized carbons (Fsp3) is 0.630. The van der Waals surface area contributed by atoms with Crippen LogP contribution >= 0.6 is 0 Å². The van der Waals surface area contributed by atoms with Gasteiger partial charge in [-0.3, -0.25) is 14.4 Å². The smallest absolute Gasteiger partial charge is 0.407 e. The SMILES string of the molecule is CC(=O)O[C@@H]1[C@@H](OC(C)=O)[C@H](N=[N+]=[N-])C[C@H](N=[N+]=[N-])[C@H]1OC1O[C@H]([C@@H](C)NC(=O)OCc2ccccc2)CCC1CC(=O)O. The van der Waals surface area contributed by atoms with E-state index in [0.29, 0.717) is 12.8 Å². The van der Waals surface area contributed by atoms with Crippen LogP contribution in [0.4, 0.5) is 4.79 Å². The quantitative estimate of drug-likeness (QED) is 0.112. The molecule has 2 unspecified atom stereocenters. The number of carbonyl (C=O) groups is 4. The third-order valence-electron chi connectivity index (χ3n) is 7.25. The van der Waals surface area contributed by atoms with Gasteiger partial charge in [-0.1, -0.05) is 40.6 Å². The molecule has 0 bridgehead atoms. The first-order chi connectivity index (χ1) is 21.0. The molecule has 1 saturated carbocycles. The zero-order chi connectivity index (χ0) is 32.2. The van der Waals surface area contributed by atoms with Crippen molar-refractivity contribution < 1.29 is 48.0 Å². The van der Waals surface area contributed by atoms with Crippen LogP contribution in [0.2, 0.25) is 0 Å². The van der Waals surface area contributed by atoms with Gasteiger partial charge in [-0.15, -0.1) is 0 Å². The normalized spacial score (nSPS) is 28.6. The van der Waals surface area contributed by atoms with Crippen LogP contribution in [0.3, 0.4) is 0 Å². The Morgan fingerprint density at radius 3 is 2.20 bits per heavy atom. The van der Waals surface area contributed by atoms with Gasteiger partial charge in [-0.2, -0.15) is 0 Å². The average Bonchev–Trinajstić information content (AvgIpc) is 2.96. The summed E-state index contributed by atoms with van der Waals surface area (Å²) in [5, 5.41) is 19.7. The molecule has 9 atom stereocenters. The van der Waals surface area contributed by atoms with E-state index in [1.807, 2.05) is 30.3 Å². The number of amides is 1. The molecule has 1 aliphatic heterocycles. The van der Waals surface area contributed by atoms with E-state index in [4.69, 9.17) is 29.2 Å². The lowest BCUT2D eigenvalue weighted by molar-refractivity contribution is -0.273. The number of ether oxygens (including phenoxy) is 5. The Morgan fingerprint density at radius 1 is 1.00 bits per heavy atom. The number of carboxylic acids is 1. The van der Waals surface area contributed by atoms with Gasteiger partial charge >= 0.3 is 24.0 Å². The lowest BCUT2D eigenvalue weighted by atomic mass is 9.83. The molecule has 2 aliphatic rings. The van der Waals surface area contributed by atoms with E-state index in [2.05, 4.69) is 25.4 Å². The van der Waals surface area contributed by atoms with E-state index in [-0.39, 0.29) is 19.4 Å². The molecule has 17 nitrogen and oxygen atoms in total. The first kappa shape index (κ1) is 33.9. The zero-order valence-electron chi connectivity index (χ0n) is 24.4. The van der Waals surface area contributed by atoms with Crippen LogP contribution in [0.15, 0.2) is 40.6 Å². The van der Waals surface area contributed by atoms with E-state index in [9.17, 15) is 29.8 Å². The first-order valence-electron chi connectivity index (χ1n) is 13.9. The van der Waals surface area contributed by atoms with Gasteiger partial charge in [0, 0.05) is 29.6 Å². The maximum Gasteiger partial charge on any atom is 0.407 e. The number of hydrogen-bond donors (Lipinski definition) is 2. The molecule has 2 N–H and O–H groups in total. The predicted octanol–water partition coefficient (Wildman–Crippen LogP) is 3.91. The number of aliphatic carboxylic acids is 1. The molecule has 3 rings (SSSR count). The van der Waals surface area contributed by atoms with Crippen molar-refractivity contribution in [2.24, 2.45) is 16.1 Å². The fourth-order valence-electron chi connectivity index (χ4n) is 5.33. The van der Waals surface area contributed by atoms with Crippen molar-refractivity contribution in [1.82, 2.24) is 5.32 Å². The Morgan fingerprint density at radius 2 is 1.61 bits per heavy atom. The zero-order valence-corrected chi connectivity index (χ0v) is 24.4. The number of esters is 2. The molecule has 0 spiro atoms. The Hall–Kier alpha value is -4.56. The molecule has 238 valence electrons. The number of hydrogen-bond acceptors (Lipinski definition) is 11. The van der Waals surface area contributed by atoms with Gasteiger partial charge < -0.3 is 34.1 Å². The van der Waals surface area contributed by atoms with Crippen molar-refractivity contribution >= 4 is 24.0 Å². The topological polar surface area (TPSA) is 244 Å². The lowest BCUT2D eigenvalue weighted by Gasteiger charge is -2.46. The van der Waals surface area contributed by atoms with Gasteiger partial charge in [0.05, 0.1) is 30.7 Å². The summed E-state index contributed by atoms with van der Waals surface area (Å²) < 4.78 is 28.6. The van der Waals surface area contributed by atoms with E-state index in [1.54, 1.807) is 6.92 Å². The number of carbonyl (C=O) groups excluding carboxylic acids is 3. The standard InChI is InChI=1S/C27H35N7O10/c1-14(30-27(39)40-13-17-7-5-4-6-8-17)21-10-9-18(11-22(37)38)26(43-21)44-24-20(32-34-29)12-19(31-33-28)23(41-15(2)35)25(24)42-16(3)36/h4-8,14,18-21,23-26H,9-13H2,1-3H3,(H,30,39)(H,37,38)/t14-,18?,19-,20+,21+,23+,24-,25-,26?/m1/s1. The number of rotatable bonds is 12. The summed E-state index contributed by atoms with van der Waals surface area (Å²) in [5.41, 5.74) is 19.2. The van der Waals surface area contributed by atoms with Gasteiger partial charge in [0.2, 0.25) is 0 Å². The van der Waals surface area contributed by atoms with Gasteiger partial charge in [-0.25, -0.2) is 4.79 Å². The third-order valence-corrected chi connectivity index (χ3v) is 7.25. The highest BCUT2D eigenvalue weighted by Gasteiger charge is 2.51. The van der Waals surface area contributed by atoms with E-state index < -0.39 is 78.8 Å². The number of nitrogens with zero attached hydrogens (tertiary/aromatic N) is 6. The van der Waals surface area contributed by atoms with E-state index in [1.165, 1.54) is 0 Å². The van der Waals surface area contributed by atoms with Crippen LogP contribution in [0.1, 0.15) is 52.0 Å². The maximum absolute atomic E-state index is 12.5. The van der Waals surface area contributed by atoms with Crippen molar-refractivity contribution in [3.05, 3.63) is 56.8 Å². The summed E-state index contributed by atoms with van der Waals surface area (Å²) in [6.45, 7) is 3.96. The van der Waals surface area contributed by atoms with Crippen molar-refractivity contribution in [1.29, 1.82) is 0 Å². The van der Waals surface area contributed by atoms with Crippen LogP contribution < -0.4 is 5.32 Å². The molecule has 1 amide bonds. The Balaban J connectivity index is 1.84. The van der Waals surface area contributed by atoms with Gasteiger partial charge in [0.1, 0.15) is 18.8 Å². The van der Waals surface area contributed by atoms with Crippen molar-refractivity contribution in [2.45, 2.75) is 102 Å². The number of azide groups is 2. The molecular formula is C27H35N7O10. The van der Waals surface area contributed by atoms with Gasteiger partial charge in [0.25, 0.3) is 0 Å². The lowest BCUT2D eigenvalue weighted by Crippen LogP contribution is -2.60. The second-order valence-electron chi connectivity index (χ2n) is 10.5. The number of benzene rings is 1. The fourth-order valence-corrected chi connectivity index (χ4v) is 5.33. The monoisotopic (exact) mass is 617 g/mol. The highest BCUT2D eigenvalue weighted by molar-refractivity contribution is 5.68. The molecule has 1 heterocycles. The minimum atomic E-state index is -1.41. The summed E-state index contributed by atoms with van der Waals surface area (Å²) in [6, 6.07) is 6.33. The second-order valence-corrected chi connectivity index (χ2v) is 10.5.